The molecular formula is C20H10ClF7N4O2. The van der Waals surface area contributed by atoms with E-state index in [-0.39, 0.29) is 16.3 Å². The number of alkyl halides is 6. The van der Waals surface area contributed by atoms with Crippen molar-refractivity contribution in [3.8, 4) is 0 Å². The van der Waals surface area contributed by atoms with Gasteiger partial charge in [-0.25, -0.2) is 24.1 Å². The smallest absolute Gasteiger partial charge is 0.277 e. The summed E-state index contributed by atoms with van der Waals surface area (Å²) >= 11 is 5.74. The SMILES string of the molecule is O=C1NC(=O)N(c2ccc(F)cc2)C2=NC(c3ccc(Cl)cc3)=NC(C(F)(F)F)(C(F)(F)F)C12. The van der Waals surface area contributed by atoms with Crippen LogP contribution in [0.15, 0.2) is 58.5 Å². The standard InChI is InChI=1S/C20H10ClF7N4O2/c21-10-3-1-9(2-4-10)14-29-15-13(18(31-14,19(23,24)25)20(26,27)28)16(33)30-17(34)32(15)12-7-5-11(22)6-8-12/h1-8,13H,(H,30,33,34). The Morgan fingerprint density at radius 2 is 1.47 bits per heavy atom. The van der Waals surface area contributed by atoms with Gasteiger partial charge in [-0.3, -0.25) is 10.1 Å². The molecule has 3 amide bonds. The van der Waals surface area contributed by atoms with Crippen LogP contribution in [-0.2, 0) is 4.79 Å². The molecule has 1 atom stereocenters. The van der Waals surface area contributed by atoms with Crippen molar-refractivity contribution in [2.45, 2.75) is 17.9 Å². The average Bonchev–Trinajstić information content (AvgIpc) is 2.73. The second-order valence-electron chi connectivity index (χ2n) is 7.21. The highest BCUT2D eigenvalue weighted by Crippen LogP contribution is 2.53. The van der Waals surface area contributed by atoms with Crippen molar-refractivity contribution in [3.05, 3.63) is 64.9 Å². The van der Waals surface area contributed by atoms with Crippen molar-refractivity contribution in [3.63, 3.8) is 0 Å². The number of amides is 3. The van der Waals surface area contributed by atoms with E-state index >= 15 is 0 Å². The number of hydrogen-bond donors (Lipinski definition) is 1. The topological polar surface area (TPSA) is 74.1 Å². The number of anilines is 1. The van der Waals surface area contributed by atoms with E-state index in [1.807, 2.05) is 0 Å². The zero-order valence-electron chi connectivity index (χ0n) is 16.4. The van der Waals surface area contributed by atoms with Crippen LogP contribution in [0.3, 0.4) is 0 Å². The van der Waals surface area contributed by atoms with E-state index in [9.17, 15) is 40.3 Å². The Hall–Kier alpha value is -3.48. The van der Waals surface area contributed by atoms with Crippen LogP contribution in [0.4, 0.5) is 41.2 Å². The number of carbonyl (C=O) groups is 2. The lowest BCUT2D eigenvalue weighted by Gasteiger charge is -2.45. The van der Waals surface area contributed by atoms with Gasteiger partial charge >= 0.3 is 18.4 Å². The zero-order valence-corrected chi connectivity index (χ0v) is 17.1. The van der Waals surface area contributed by atoms with Crippen LogP contribution in [0.5, 0.6) is 0 Å². The van der Waals surface area contributed by atoms with Gasteiger partial charge < -0.3 is 0 Å². The molecule has 1 unspecified atom stereocenters. The highest BCUT2D eigenvalue weighted by molar-refractivity contribution is 6.33. The molecule has 6 nitrogen and oxygen atoms in total. The fraction of sp³-hybridized carbons (Fsp3) is 0.200. The molecule has 2 aliphatic rings. The highest BCUT2D eigenvalue weighted by atomic mass is 35.5. The Labute approximate surface area is 190 Å². The van der Waals surface area contributed by atoms with Gasteiger partial charge in [-0.2, -0.15) is 26.3 Å². The number of fused-ring (bicyclic) bond motifs is 1. The minimum Gasteiger partial charge on any atom is -0.277 e. The molecule has 4 rings (SSSR count). The van der Waals surface area contributed by atoms with Crippen LogP contribution in [0.2, 0.25) is 5.02 Å². The van der Waals surface area contributed by atoms with Crippen molar-refractivity contribution >= 4 is 40.9 Å². The van der Waals surface area contributed by atoms with E-state index in [2.05, 4.69) is 9.98 Å². The molecular weight excluding hydrogens is 497 g/mol. The Morgan fingerprint density at radius 3 is 2.00 bits per heavy atom. The van der Waals surface area contributed by atoms with Crippen molar-refractivity contribution in [2.75, 3.05) is 4.90 Å². The number of aliphatic imine (C=N–C) groups is 2. The van der Waals surface area contributed by atoms with Gasteiger partial charge in [0.15, 0.2) is 5.84 Å². The first-order valence-electron chi connectivity index (χ1n) is 9.24. The molecule has 2 aliphatic heterocycles. The maximum absolute atomic E-state index is 14.2. The number of nitrogens with one attached hydrogen (secondary N) is 1. The fourth-order valence-corrected chi connectivity index (χ4v) is 3.75. The number of nitrogens with zero attached hydrogens (tertiary/aromatic N) is 3. The summed E-state index contributed by atoms with van der Waals surface area (Å²) in [7, 11) is 0. The lowest BCUT2D eigenvalue weighted by molar-refractivity contribution is -0.302. The Balaban J connectivity index is 2.05. The zero-order chi connectivity index (χ0) is 25.1. The van der Waals surface area contributed by atoms with Gasteiger partial charge in [-0.05, 0) is 48.5 Å². The van der Waals surface area contributed by atoms with Crippen LogP contribution in [-0.4, -0.2) is 41.5 Å². The second-order valence-corrected chi connectivity index (χ2v) is 7.65. The molecule has 0 aliphatic carbocycles. The molecule has 0 spiro atoms. The van der Waals surface area contributed by atoms with E-state index in [1.54, 1.807) is 0 Å². The lowest BCUT2D eigenvalue weighted by Crippen LogP contribution is -2.73. The minimum absolute atomic E-state index is 0.128. The summed E-state index contributed by atoms with van der Waals surface area (Å²) in [6.07, 6.45) is -12.3. The monoisotopic (exact) mass is 506 g/mol. The molecule has 1 fully saturated rings. The molecule has 0 aromatic heterocycles. The Bertz CT molecular complexity index is 1210. The molecule has 0 radical (unpaired) electrons. The first-order valence-corrected chi connectivity index (χ1v) is 9.62. The summed E-state index contributed by atoms with van der Waals surface area (Å²) < 4.78 is 98.8. The van der Waals surface area contributed by atoms with Crippen molar-refractivity contribution < 1.29 is 40.3 Å². The van der Waals surface area contributed by atoms with Crippen LogP contribution >= 0.6 is 11.6 Å². The largest absolute Gasteiger partial charge is 0.423 e. The van der Waals surface area contributed by atoms with E-state index in [1.165, 1.54) is 17.4 Å². The van der Waals surface area contributed by atoms with Crippen LogP contribution in [0.25, 0.3) is 0 Å². The summed E-state index contributed by atoms with van der Waals surface area (Å²) in [5.74, 6) is -7.99. The average molecular weight is 507 g/mol. The first kappa shape index (κ1) is 23.7. The van der Waals surface area contributed by atoms with E-state index < -0.39 is 53.2 Å². The number of amidine groups is 2. The van der Waals surface area contributed by atoms with Gasteiger partial charge in [0.2, 0.25) is 5.91 Å². The summed E-state index contributed by atoms with van der Waals surface area (Å²) in [6.45, 7) is 0. The van der Waals surface area contributed by atoms with E-state index in [4.69, 9.17) is 11.6 Å². The van der Waals surface area contributed by atoms with Gasteiger partial charge in [-0.15, -0.1) is 0 Å². The number of halogens is 8. The molecule has 1 saturated heterocycles. The fourth-order valence-electron chi connectivity index (χ4n) is 3.62. The third-order valence-corrected chi connectivity index (χ3v) is 5.41. The number of imide groups is 1. The van der Waals surface area contributed by atoms with Gasteiger partial charge in [0.25, 0.3) is 5.54 Å². The molecule has 0 bridgehead atoms. The third kappa shape index (κ3) is 3.59. The van der Waals surface area contributed by atoms with Gasteiger partial charge in [-0.1, -0.05) is 11.6 Å². The normalized spacial score (nSPS) is 20.4. The van der Waals surface area contributed by atoms with Crippen molar-refractivity contribution in [1.82, 2.24) is 5.32 Å². The summed E-state index contributed by atoms with van der Waals surface area (Å²) in [6, 6.07) is 6.67. The quantitative estimate of drug-likeness (QED) is 0.590. The second kappa shape index (κ2) is 7.79. The molecule has 2 aromatic rings. The number of hydrogen-bond acceptors (Lipinski definition) is 4. The van der Waals surface area contributed by atoms with Gasteiger partial charge in [0.1, 0.15) is 17.6 Å². The van der Waals surface area contributed by atoms with E-state index in [0.717, 1.165) is 36.4 Å². The highest BCUT2D eigenvalue weighted by Gasteiger charge is 2.79. The number of benzene rings is 2. The van der Waals surface area contributed by atoms with Crippen molar-refractivity contribution in [2.24, 2.45) is 15.9 Å². The van der Waals surface area contributed by atoms with Crippen LogP contribution in [0, 0.1) is 11.7 Å². The molecule has 14 heteroatoms. The Kier molecular flexibility index (Phi) is 5.42. The predicted octanol–water partition coefficient (Wildman–Crippen LogP) is 4.87. The molecule has 2 heterocycles. The summed E-state index contributed by atoms with van der Waals surface area (Å²) in [4.78, 5) is 32.1. The maximum atomic E-state index is 14.2. The molecule has 34 heavy (non-hydrogen) atoms. The van der Waals surface area contributed by atoms with Gasteiger partial charge in [0, 0.05) is 10.6 Å². The number of carbonyl (C=O) groups excluding carboxylic acids is 2. The minimum atomic E-state index is -6.14. The van der Waals surface area contributed by atoms with Gasteiger partial charge in [0.05, 0.1) is 5.69 Å². The molecule has 2 aromatic carbocycles. The molecule has 178 valence electrons. The first-order chi connectivity index (χ1) is 15.8. The third-order valence-electron chi connectivity index (χ3n) is 5.15. The lowest BCUT2D eigenvalue weighted by atomic mass is 9.78. The maximum Gasteiger partial charge on any atom is 0.423 e. The molecule has 1 N–H and O–H groups in total. The van der Waals surface area contributed by atoms with Crippen molar-refractivity contribution in [1.29, 1.82) is 0 Å². The summed E-state index contributed by atoms with van der Waals surface area (Å²) in [5, 5.41) is 1.62. The van der Waals surface area contributed by atoms with Crippen LogP contribution < -0.4 is 10.2 Å². The Morgan fingerprint density at radius 1 is 0.912 bits per heavy atom. The van der Waals surface area contributed by atoms with Crippen LogP contribution in [0.1, 0.15) is 5.56 Å². The number of rotatable bonds is 2. The summed E-state index contributed by atoms with van der Waals surface area (Å²) in [5.41, 5.74) is -5.59. The number of urea groups is 1. The molecule has 0 saturated carbocycles. The van der Waals surface area contributed by atoms with E-state index in [0.29, 0.717) is 4.90 Å². The predicted molar refractivity (Wildman–Crippen MR) is 106 cm³/mol.